The molecule has 21 heavy (non-hydrogen) atoms. The standard InChI is InChI=1S/C16H16N2O2S/c1-11-8-9-13(14(10-11)20-2)17-16(21)18-15(19)12-6-4-3-5-7-12/h3-10H,1-2H3,(H2,17,18,19,21). The predicted molar refractivity (Wildman–Crippen MR) is 87.9 cm³/mol. The Morgan fingerprint density at radius 1 is 1.14 bits per heavy atom. The van der Waals surface area contributed by atoms with Crippen LogP contribution in [0.4, 0.5) is 5.69 Å². The molecule has 2 aromatic rings. The topological polar surface area (TPSA) is 50.4 Å². The van der Waals surface area contributed by atoms with Gasteiger partial charge in [0.25, 0.3) is 5.91 Å². The second-order valence-electron chi connectivity index (χ2n) is 4.48. The number of thiocarbonyl (C=S) groups is 1. The van der Waals surface area contributed by atoms with Gasteiger partial charge < -0.3 is 10.1 Å². The summed E-state index contributed by atoms with van der Waals surface area (Å²) in [7, 11) is 1.59. The van der Waals surface area contributed by atoms with Crippen molar-refractivity contribution in [3.05, 3.63) is 59.7 Å². The smallest absolute Gasteiger partial charge is 0.257 e. The SMILES string of the molecule is COc1cc(C)ccc1NC(=S)NC(=O)c1ccccc1. The summed E-state index contributed by atoms with van der Waals surface area (Å²) in [6.45, 7) is 1.97. The van der Waals surface area contributed by atoms with Gasteiger partial charge in [-0.25, -0.2) is 0 Å². The van der Waals surface area contributed by atoms with Crippen LogP contribution in [0.5, 0.6) is 5.75 Å². The van der Waals surface area contributed by atoms with Crippen LogP contribution in [0, 0.1) is 6.92 Å². The van der Waals surface area contributed by atoms with Crippen molar-refractivity contribution in [1.29, 1.82) is 0 Å². The fraction of sp³-hybridized carbons (Fsp3) is 0.125. The van der Waals surface area contributed by atoms with E-state index < -0.39 is 0 Å². The summed E-state index contributed by atoms with van der Waals surface area (Å²) >= 11 is 5.15. The molecule has 0 aliphatic carbocycles. The first-order valence-electron chi connectivity index (χ1n) is 6.42. The molecular formula is C16H16N2O2S. The predicted octanol–water partition coefficient (Wildman–Crippen LogP) is 3.13. The molecule has 0 saturated heterocycles. The summed E-state index contributed by atoms with van der Waals surface area (Å²) < 4.78 is 5.28. The summed E-state index contributed by atoms with van der Waals surface area (Å²) in [5, 5.41) is 5.83. The minimum atomic E-state index is -0.251. The van der Waals surface area contributed by atoms with Crippen molar-refractivity contribution < 1.29 is 9.53 Å². The molecule has 2 rings (SSSR count). The van der Waals surface area contributed by atoms with Gasteiger partial charge in [-0.2, -0.15) is 0 Å². The highest BCUT2D eigenvalue weighted by Gasteiger charge is 2.09. The van der Waals surface area contributed by atoms with Gasteiger partial charge >= 0.3 is 0 Å². The lowest BCUT2D eigenvalue weighted by Crippen LogP contribution is -2.34. The molecule has 0 aromatic heterocycles. The van der Waals surface area contributed by atoms with E-state index in [-0.39, 0.29) is 11.0 Å². The number of carbonyl (C=O) groups is 1. The van der Waals surface area contributed by atoms with Crippen LogP contribution in [0.15, 0.2) is 48.5 Å². The summed E-state index contributed by atoms with van der Waals surface area (Å²) in [4.78, 5) is 12.0. The monoisotopic (exact) mass is 300 g/mol. The van der Waals surface area contributed by atoms with E-state index in [1.807, 2.05) is 31.2 Å². The quantitative estimate of drug-likeness (QED) is 0.855. The molecule has 0 radical (unpaired) electrons. The van der Waals surface area contributed by atoms with Gasteiger partial charge in [-0.1, -0.05) is 24.3 Å². The van der Waals surface area contributed by atoms with Crippen molar-refractivity contribution in [2.45, 2.75) is 6.92 Å². The normalized spacial score (nSPS) is 9.81. The molecule has 1 amide bonds. The Morgan fingerprint density at radius 3 is 2.52 bits per heavy atom. The van der Waals surface area contributed by atoms with Gasteiger partial charge in [0.15, 0.2) is 5.11 Å². The van der Waals surface area contributed by atoms with Crippen LogP contribution in [0.25, 0.3) is 0 Å². The number of ether oxygens (including phenoxy) is 1. The van der Waals surface area contributed by atoms with Crippen molar-refractivity contribution in [2.75, 3.05) is 12.4 Å². The molecule has 0 saturated carbocycles. The molecule has 0 atom stereocenters. The van der Waals surface area contributed by atoms with Gasteiger partial charge in [0.2, 0.25) is 0 Å². The number of rotatable bonds is 3. The summed E-state index contributed by atoms with van der Waals surface area (Å²) in [6, 6.07) is 14.6. The lowest BCUT2D eigenvalue weighted by molar-refractivity contribution is 0.0977. The van der Waals surface area contributed by atoms with E-state index in [0.717, 1.165) is 5.56 Å². The first-order chi connectivity index (χ1) is 10.1. The van der Waals surface area contributed by atoms with E-state index >= 15 is 0 Å². The van der Waals surface area contributed by atoms with E-state index in [9.17, 15) is 4.79 Å². The third-order valence-electron chi connectivity index (χ3n) is 2.87. The van der Waals surface area contributed by atoms with Crippen molar-refractivity contribution in [3.8, 4) is 5.75 Å². The Balaban J connectivity index is 2.04. The van der Waals surface area contributed by atoms with Crippen LogP contribution in [0.2, 0.25) is 0 Å². The van der Waals surface area contributed by atoms with Crippen LogP contribution in [-0.4, -0.2) is 18.1 Å². The second-order valence-corrected chi connectivity index (χ2v) is 4.89. The zero-order valence-corrected chi connectivity index (χ0v) is 12.7. The molecule has 0 bridgehead atoms. The first-order valence-corrected chi connectivity index (χ1v) is 6.83. The molecule has 0 aliphatic rings. The molecule has 4 nitrogen and oxygen atoms in total. The van der Waals surface area contributed by atoms with Gasteiger partial charge in [-0.3, -0.25) is 10.1 Å². The maximum atomic E-state index is 12.0. The van der Waals surface area contributed by atoms with Gasteiger partial charge in [0.1, 0.15) is 5.75 Å². The number of aryl methyl sites for hydroxylation is 1. The van der Waals surface area contributed by atoms with Crippen LogP contribution in [0.1, 0.15) is 15.9 Å². The number of methoxy groups -OCH3 is 1. The van der Waals surface area contributed by atoms with Crippen molar-refractivity contribution in [1.82, 2.24) is 5.32 Å². The highest BCUT2D eigenvalue weighted by Crippen LogP contribution is 2.25. The van der Waals surface area contributed by atoms with E-state index in [1.165, 1.54) is 0 Å². The summed E-state index contributed by atoms with van der Waals surface area (Å²) in [5.74, 6) is 0.422. The molecule has 5 heteroatoms. The second kappa shape index (κ2) is 6.85. The molecule has 0 fully saturated rings. The molecule has 2 aromatic carbocycles. The molecule has 0 spiro atoms. The fourth-order valence-corrected chi connectivity index (χ4v) is 2.02. The highest BCUT2D eigenvalue weighted by atomic mass is 32.1. The molecule has 0 aliphatic heterocycles. The number of nitrogens with one attached hydrogen (secondary N) is 2. The molecular weight excluding hydrogens is 284 g/mol. The zero-order chi connectivity index (χ0) is 15.2. The number of hydrogen-bond acceptors (Lipinski definition) is 3. The number of hydrogen-bond donors (Lipinski definition) is 2. The van der Waals surface area contributed by atoms with Gasteiger partial charge in [0, 0.05) is 5.56 Å². The minimum Gasteiger partial charge on any atom is -0.495 e. The van der Waals surface area contributed by atoms with Crippen LogP contribution in [0.3, 0.4) is 0 Å². The van der Waals surface area contributed by atoms with Crippen LogP contribution < -0.4 is 15.4 Å². The number of benzene rings is 2. The van der Waals surface area contributed by atoms with Crippen molar-refractivity contribution in [2.24, 2.45) is 0 Å². The first kappa shape index (κ1) is 15.0. The van der Waals surface area contributed by atoms with Crippen LogP contribution in [-0.2, 0) is 0 Å². The van der Waals surface area contributed by atoms with Gasteiger partial charge in [-0.15, -0.1) is 0 Å². The number of anilines is 1. The Kier molecular flexibility index (Phi) is 4.90. The third-order valence-corrected chi connectivity index (χ3v) is 3.07. The van der Waals surface area contributed by atoms with Gasteiger partial charge in [-0.05, 0) is 49.0 Å². The Morgan fingerprint density at radius 2 is 1.86 bits per heavy atom. The average molecular weight is 300 g/mol. The Hall–Kier alpha value is -2.40. The average Bonchev–Trinajstić information content (AvgIpc) is 2.49. The van der Waals surface area contributed by atoms with E-state index in [2.05, 4.69) is 10.6 Å². The van der Waals surface area contributed by atoms with Gasteiger partial charge in [0.05, 0.1) is 12.8 Å². The van der Waals surface area contributed by atoms with Crippen LogP contribution >= 0.6 is 12.2 Å². The zero-order valence-electron chi connectivity index (χ0n) is 11.8. The van der Waals surface area contributed by atoms with E-state index in [4.69, 9.17) is 17.0 Å². The largest absolute Gasteiger partial charge is 0.495 e. The van der Waals surface area contributed by atoms with Crippen molar-refractivity contribution >= 4 is 28.9 Å². The fourth-order valence-electron chi connectivity index (χ4n) is 1.82. The number of carbonyl (C=O) groups excluding carboxylic acids is 1. The molecule has 108 valence electrons. The number of amides is 1. The summed E-state index contributed by atoms with van der Waals surface area (Å²) in [5.41, 5.74) is 2.34. The minimum absolute atomic E-state index is 0.228. The third kappa shape index (κ3) is 4.03. The Labute approximate surface area is 129 Å². The molecule has 0 heterocycles. The lowest BCUT2D eigenvalue weighted by atomic mass is 10.2. The molecule has 0 unspecified atom stereocenters. The van der Waals surface area contributed by atoms with E-state index in [1.54, 1.807) is 31.4 Å². The summed E-state index contributed by atoms with van der Waals surface area (Å²) in [6.07, 6.45) is 0. The maximum Gasteiger partial charge on any atom is 0.257 e. The Bertz CT molecular complexity index is 657. The molecule has 2 N–H and O–H groups in total. The maximum absolute atomic E-state index is 12.0. The van der Waals surface area contributed by atoms with E-state index in [0.29, 0.717) is 17.0 Å². The lowest BCUT2D eigenvalue weighted by Gasteiger charge is -2.13. The highest BCUT2D eigenvalue weighted by molar-refractivity contribution is 7.80. The van der Waals surface area contributed by atoms with Crippen molar-refractivity contribution in [3.63, 3.8) is 0 Å².